The van der Waals surface area contributed by atoms with Crippen molar-refractivity contribution in [3.8, 4) is 17.2 Å². The number of fused-ring (bicyclic) bond motifs is 4. The van der Waals surface area contributed by atoms with Crippen LogP contribution in [-0.4, -0.2) is 42.5 Å². The Morgan fingerprint density at radius 2 is 1.86 bits per heavy atom. The number of amides is 1. The average molecular weight is 383 g/mol. The molecule has 2 heterocycles. The topological polar surface area (TPSA) is 79.2 Å². The van der Waals surface area contributed by atoms with Crippen LogP contribution in [0.1, 0.15) is 37.3 Å². The van der Waals surface area contributed by atoms with E-state index in [1.54, 1.807) is 4.90 Å². The number of aromatic hydroxyl groups is 2. The fourth-order valence-electron chi connectivity index (χ4n) is 4.09. The maximum Gasteiger partial charge on any atom is 0.245 e. The van der Waals surface area contributed by atoms with Crippen molar-refractivity contribution in [1.82, 2.24) is 0 Å². The molecule has 1 atom stereocenters. The average Bonchev–Trinajstić information content (AvgIpc) is 3.17. The van der Waals surface area contributed by atoms with Crippen LogP contribution in [0.2, 0.25) is 0 Å². The van der Waals surface area contributed by atoms with Gasteiger partial charge in [0.25, 0.3) is 0 Å². The minimum atomic E-state index is -0.986. The first kappa shape index (κ1) is 18.6. The fourth-order valence-corrected chi connectivity index (χ4v) is 4.09. The van der Waals surface area contributed by atoms with Crippen LogP contribution in [0.25, 0.3) is 0 Å². The van der Waals surface area contributed by atoms with Gasteiger partial charge in [-0.05, 0) is 30.5 Å². The van der Waals surface area contributed by atoms with E-state index < -0.39 is 5.41 Å². The fraction of sp³-hybridized carbons (Fsp3) is 0.409. The summed E-state index contributed by atoms with van der Waals surface area (Å²) >= 11 is 0. The number of phenols is 2. The maximum atomic E-state index is 13.6. The zero-order chi connectivity index (χ0) is 19.7. The molecule has 0 saturated carbocycles. The van der Waals surface area contributed by atoms with Crippen molar-refractivity contribution in [3.05, 3.63) is 47.5 Å². The highest BCUT2D eigenvalue weighted by Crippen LogP contribution is 2.54. The molecule has 4 rings (SSSR count). The molecular formula is C22H25NO5. The van der Waals surface area contributed by atoms with E-state index >= 15 is 0 Å². The Hall–Kier alpha value is -2.73. The summed E-state index contributed by atoms with van der Waals surface area (Å²) in [5.41, 5.74) is 1.35. The number of anilines is 1. The lowest BCUT2D eigenvalue weighted by molar-refractivity contribution is -0.122. The van der Waals surface area contributed by atoms with Crippen LogP contribution in [-0.2, 0) is 14.9 Å². The first-order chi connectivity index (χ1) is 13.6. The number of hydrogen-bond acceptors (Lipinski definition) is 5. The standard InChI is InChI=1S/C22H25NO5/c1-2-3-10-27-11-6-9-23-17-8-5-4-7-15(17)22(21(23)26)14-28-20-13-19(25)18(24)12-16(20)22/h4-5,7-8,12-13,24-25H,2-3,6,9-11,14H2,1H3. The minimum absolute atomic E-state index is 0.0638. The van der Waals surface area contributed by atoms with E-state index in [-0.39, 0.29) is 24.0 Å². The normalized spacial score (nSPS) is 19.8. The zero-order valence-corrected chi connectivity index (χ0v) is 16.0. The number of hydrogen-bond donors (Lipinski definition) is 2. The molecule has 6 nitrogen and oxygen atoms in total. The van der Waals surface area contributed by atoms with E-state index in [2.05, 4.69) is 6.92 Å². The van der Waals surface area contributed by atoms with Gasteiger partial charge in [0.15, 0.2) is 11.5 Å². The summed E-state index contributed by atoms with van der Waals surface area (Å²) in [6.45, 7) is 4.20. The summed E-state index contributed by atoms with van der Waals surface area (Å²) in [5, 5.41) is 19.8. The monoisotopic (exact) mass is 383 g/mol. The lowest BCUT2D eigenvalue weighted by atomic mass is 9.77. The Balaban J connectivity index is 1.63. The van der Waals surface area contributed by atoms with Gasteiger partial charge in [0.2, 0.25) is 5.91 Å². The number of para-hydroxylation sites is 1. The van der Waals surface area contributed by atoms with Crippen molar-refractivity contribution in [1.29, 1.82) is 0 Å². The molecular weight excluding hydrogens is 358 g/mol. The molecule has 2 N–H and O–H groups in total. The number of ether oxygens (including phenoxy) is 2. The molecule has 0 aromatic heterocycles. The van der Waals surface area contributed by atoms with Crippen LogP contribution >= 0.6 is 0 Å². The van der Waals surface area contributed by atoms with Crippen LogP contribution in [0.3, 0.4) is 0 Å². The highest BCUT2D eigenvalue weighted by molar-refractivity contribution is 6.11. The highest BCUT2D eigenvalue weighted by atomic mass is 16.5. The zero-order valence-electron chi connectivity index (χ0n) is 16.0. The van der Waals surface area contributed by atoms with Crippen molar-refractivity contribution in [3.63, 3.8) is 0 Å². The van der Waals surface area contributed by atoms with E-state index in [4.69, 9.17) is 9.47 Å². The van der Waals surface area contributed by atoms with Gasteiger partial charge in [-0.3, -0.25) is 4.79 Å². The molecule has 2 aromatic carbocycles. The third-order valence-corrected chi connectivity index (χ3v) is 5.56. The minimum Gasteiger partial charge on any atom is -0.504 e. The van der Waals surface area contributed by atoms with Crippen LogP contribution in [0.5, 0.6) is 17.2 Å². The first-order valence-corrected chi connectivity index (χ1v) is 9.78. The SMILES string of the molecule is CCCCOCCCN1C(=O)C2(COc3cc(O)c(O)cc32)c2ccccc21. The van der Waals surface area contributed by atoms with Gasteiger partial charge in [0.05, 0.1) is 0 Å². The second-order valence-electron chi connectivity index (χ2n) is 7.32. The second-order valence-corrected chi connectivity index (χ2v) is 7.32. The smallest absolute Gasteiger partial charge is 0.245 e. The summed E-state index contributed by atoms with van der Waals surface area (Å²) in [6, 6.07) is 10.5. The number of carbonyl (C=O) groups excluding carboxylic acids is 1. The molecule has 0 fully saturated rings. The highest BCUT2D eigenvalue weighted by Gasteiger charge is 2.56. The number of carbonyl (C=O) groups is 1. The lowest BCUT2D eigenvalue weighted by Gasteiger charge is -2.23. The third-order valence-electron chi connectivity index (χ3n) is 5.56. The summed E-state index contributed by atoms with van der Waals surface area (Å²) in [6.07, 6.45) is 2.88. The number of benzene rings is 2. The van der Waals surface area contributed by atoms with Crippen molar-refractivity contribution in [2.24, 2.45) is 0 Å². The molecule has 0 saturated heterocycles. The molecule has 1 spiro atoms. The van der Waals surface area contributed by atoms with Crippen LogP contribution in [0, 0.1) is 0 Å². The van der Waals surface area contributed by atoms with Crippen molar-refractivity contribution < 1.29 is 24.5 Å². The Bertz CT molecular complexity index is 896. The van der Waals surface area contributed by atoms with Gasteiger partial charge in [-0.25, -0.2) is 0 Å². The molecule has 0 radical (unpaired) electrons. The van der Waals surface area contributed by atoms with Gasteiger partial charge < -0.3 is 24.6 Å². The lowest BCUT2D eigenvalue weighted by Crippen LogP contribution is -2.43. The van der Waals surface area contributed by atoms with Gasteiger partial charge in [-0.1, -0.05) is 31.5 Å². The van der Waals surface area contributed by atoms with E-state index in [0.29, 0.717) is 24.5 Å². The molecule has 6 heteroatoms. The Kier molecular flexibility index (Phi) is 4.89. The molecule has 1 amide bonds. The van der Waals surface area contributed by atoms with Gasteiger partial charge in [-0.15, -0.1) is 0 Å². The molecule has 28 heavy (non-hydrogen) atoms. The third kappa shape index (κ3) is 2.79. The Morgan fingerprint density at radius 3 is 2.68 bits per heavy atom. The summed E-state index contributed by atoms with van der Waals surface area (Å²) < 4.78 is 11.4. The van der Waals surface area contributed by atoms with Crippen molar-refractivity contribution in [2.45, 2.75) is 31.6 Å². The number of phenolic OH excluding ortho intramolecular Hbond substituents is 2. The van der Waals surface area contributed by atoms with E-state index in [9.17, 15) is 15.0 Å². The molecule has 2 aliphatic rings. The second kappa shape index (κ2) is 7.36. The largest absolute Gasteiger partial charge is 0.504 e. The van der Waals surface area contributed by atoms with E-state index in [1.807, 2.05) is 24.3 Å². The molecule has 148 valence electrons. The van der Waals surface area contributed by atoms with Gasteiger partial charge in [-0.2, -0.15) is 0 Å². The summed E-state index contributed by atoms with van der Waals surface area (Å²) in [5.74, 6) is -0.137. The maximum absolute atomic E-state index is 13.6. The molecule has 2 aliphatic heterocycles. The van der Waals surface area contributed by atoms with E-state index in [0.717, 1.165) is 37.1 Å². The molecule has 1 unspecified atom stereocenters. The number of nitrogens with zero attached hydrogens (tertiary/aromatic N) is 1. The predicted octanol–water partition coefficient (Wildman–Crippen LogP) is 3.33. The predicted molar refractivity (Wildman–Crippen MR) is 105 cm³/mol. The van der Waals surface area contributed by atoms with Gasteiger partial charge in [0, 0.05) is 37.1 Å². The van der Waals surface area contributed by atoms with Crippen LogP contribution in [0.4, 0.5) is 5.69 Å². The van der Waals surface area contributed by atoms with Crippen molar-refractivity contribution >= 4 is 11.6 Å². The molecule has 2 aromatic rings. The molecule has 0 aliphatic carbocycles. The number of rotatable bonds is 7. The number of unbranched alkanes of at least 4 members (excludes halogenated alkanes) is 1. The first-order valence-electron chi connectivity index (χ1n) is 9.78. The Morgan fingerprint density at radius 1 is 1.11 bits per heavy atom. The van der Waals surface area contributed by atoms with Crippen molar-refractivity contribution in [2.75, 3.05) is 31.3 Å². The Labute approximate surface area is 164 Å². The van der Waals surface area contributed by atoms with Gasteiger partial charge in [0.1, 0.15) is 17.8 Å². The molecule has 0 bridgehead atoms. The summed E-state index contributed by atoms with van der Waals surface area (Å²) in [7, 11) is 0. The van der Waals surface area contributed by atoms with Crippen LogP contribution in [0.15, 0.2) is 36.4 Å². The van der Waals surface area contributed by atoms with Gasteiger partial charge >= 0.3 is 0 Å². The van der Waals surface area contributed by atoms with Crippen LogP contribution < -0.4 is 9.64 Å². The van der Waals surface area contributed by atoms with E-state index in [1.165, 1.54) is 12.1 Å². The quantitative estimate of drug-likeness (QED) is 0.566. The summed E-state index contributed by atoms with van der Waals surface area (Å²) in [4.78, 5) is 15.4.